The summed E-state index contributed by atoms with van der Waals surface area (Å²) in [5.74, 6) is -2.89. The molecular formula is C13H16F3N. The lowest BCUT2D eigenvalue weighted by atomic mass is 9.77. The van der Waals surface area contributed by atoms with Crippen LogP contribution in [0, 0.1) is 5.82 Å². The monoisotopic (exact) mass is 243 g/mol. The summed E-state index contributed by atoms with van der Waals surface area (Å²) >= 11 is 0. The van der Waals surface area contributed by atoms with Gasteiger partial charge in [0.2, 0.25) is 5.92 Å². The minimum absolute atomic E-state index is 0.168. The number of hydrogen-bond acceptors (Lipinski definition) is 1. The third kappa shape index (κ3) is 3.22. The van der Waals surface area contributed by atoms with Crippen LogP contribution in [0.3, 0.4) is 0 Å². The second-order valence-electron chi connectivity index (χ2n) is 5.03. The van der Waals surface area contributed by atoms with E-state index in [4.69, 9.17) is 5.73 Å². The van der Waals surface area contributed by atoms with E-state index >= 15 is 0 Å². The fourth-order valence-electron chi connectivity index (χ4n) is 2.34. The van der Waals surface area contributed by atoms with Crippen molar-refractivity contribution in [3.8, 4) is 0 Å². The quantitative estimate of drug-likeness (QED) is 0.847. The molecule has 2 rings (SSSR count). The molecule has 0 amide bonds. The molecule has 0 spiro atoms. The molecule has 1 aliphatic rings. The number of hydrogen-bond donors (Lipinski definition) is 1. The summed E-state index contributed by atoms with van der Waals surface area (Å²) in [7, 11) is 0. The number of halogens is 3. The molecule has 17 heavy (non-hydrogen) atoms. The molecule has 0 radical (unpaired) electrons. The normalized spacial score (nSPS) is 22.4. The maximum absolute atomic E-state index is 13.0. The third-order valence-corrected chi connectivity index (χ3v) is 3.42. The van der Waals surface area contributed by atoms with Crippen molar-refractivity contribution in [3.05, 3.63) is 35.6 Å². The van der Waals surface area contributed by atoms with Gasteiger partial charge in [-0.2, -0.15) is 0 Å². The lowest BCUT2D eigenvalue weighted by molar-refractivity contribution is -0.0505. The summed E-state index contributed by atoms with van der Waals surface area (Å²) in [5.41, 5.74) is 6.27. The van der Waals surface area contributed by atoms with Gasteiger partial charge in [0.25, 0.3) is 0 Å². The predicted octanol–water partition coefficient (Wildman–Crippen LogP) is 3.28. The highest BCUT2D eigenvalue weighted by Gasteiger charge is 2.41. The van der Waals surface area contributed by atoms with E-state index in [0.29, 0.717) is 6.42 Å². The molecule has 0 bridgehead atoms. The molecule has 2 N–H and O–H groups in total. The Bertz CT molecular complexity index is 393. The highest BCUT2D eigenvalue weighted by molar-refractivity contribution is 5.19. The molecule has 1 nitrogen and oxygen atoms in total. The van der Waals surface area contributed by atoms with Crippen LogP contribution in [0.5, 0.6) is 0 Å². The van der Waals surface area contributed by atoms with E-state index in [1.54, 1.807) is 12.1 Å². The van der Waals surface area contributed by atoms with Crippen LogP contribution in [-0.4, -0.2) is 11.5 Å². The molecule has 1 fully saturated rings. The van der Waals surface area contributed by atoms with Crippen LogP contribution in [0.4, 0.5) is 13.2 Å². The Morgan fingerprint density at radius 1 is 1.12 bits per heavy atom. The molecule has 0 unspecified atom stereocenters. The van der Waals surface area contributed by atoms with Crippen LogP contribution in [-0.2, 0) is 6.42 Å². The van der Waals surface area contributed by atoms with Crippen molar-refractivity contribution in [1.29, 1.82) is 0 Å². The molecule has 0 aromatic heterocycles. The topological polar surface area (TPSA) is 26.0 Å². The molecular weight excluding hydrogens is 227 g/mol. The predicted molar refractivity (Wildman–Crippen MR) is 60.4 cm³/mol. The molecule has 4 heteroatoms. The maximum atomic E-state index is 13.0. The summed E-state index contributed by atoms with van der Waals surface area (Å²) < 4.78 is 39.1. The fourth-order valence-corrected chi connectivity index (χ4v) is 2.34. The fraction of sp³-hybridized carbons (Fsp3) is 0.538. The summed E-state index contributed by atoms with van der Waals surface area (Å²) in [5, 5.41) is 0. The van der Waals surface area contributed by atoms with Gasteiger partial charge in [-0.05, 0) is 37.0 Å². The molecule has 1 aromatic rings. The van der Waals surface area contributed by atoms with E-state index in [1.807, 2.05) is 0 Å². The standard InChI is InChI=1S/C13H16F3N/c14-11-3-1-2-10(8-11)9-12(17)4-6-13(15,16)7-5-12/h1-3,8H,4-7,9,17H2. The van der Waals surface area contributed by atoms with E-state index in [-0.39, 0.29) is 31.5 Å². The van der Waals surface area contributed by atoms with Crippen molar-refractivity contribution >= 4 is 0 Å². The van der Waals surface area contributed by atoms with Crippen molar-refractivity contribution in [3.63, 3.8) is 0 Å². The van der Waals surface area contributed by atoms with Gasteiger partial charge >= 0.3 is 0 Å². The van der Waals surface area contributed by atoms with E-state index in [0.717, 1.165) is 5.56 Å². The summed E-state index contributed by atoms with van der Waals surface area (Å²) in [6.45, 7) is 0. The minimum Gasteiger partial charge on any atom is -0.325 e. The Morgan fingerprint density at radius 3 is 2.35 bits per heavy atom. The van der Waals surface area contributed by atoms with Crippen molar-refractivity contribution < 1.29 is 13.2 Å². The average molecular weight is 243 g/mol. The molecule has 0 aliphatic heterocycles. The van der Waals surface area contributed by atoms with Gasteiger partial charge < -0.3 is 5.73 Å². The number of nitrogens with two attached hydrogens (primary N) is 1. The van der Waals surface area contributed by atoms with Gasteiger partial charge in [-0.15, -0.1) is 0 Å². The third-order valence-electron chi connectivity index (χ3n) is 3.42. The van der Waals surface area contributed by atoms with Crippen LogP contribution >= 0.6 is 0 Å². The summed E-state index contributed by atoms with van der Waals surface area (Å²) in [6.07, 6.45) is 0.700. The zero-order valence-electron chi connectivity index (χ0n) is 9.56. The van der Waals surface area contributed by atoms with Crippen LogP contribution in [0.1, 0.15) is 31.2 Å². The molecule has 0 heterocycles. The van der Waals surface area contributed by atoms with Crippen molar-refractivity contribution in [2.75, 3.05) is 0 Å². The lowest BCUT2D eigenvalue weighted by Crippen LogP contribution is -2.47. The Kier molecular flexibility index (Phi) is 3.17. The zero-order valence-corrected chi connectivity index (χ0v) is 9.56. The van der Waals surface area contributed by atoms with Gasteiger partial charge in [0.1, 0.15) is 5.82 Å². The van der Waals surface area contributed by atoms with E-state index in [2.05, 4.69) is 0 Å². The molecule has 0 atom stereocenters. The summed E-state index contributed by atoms with van der Waals surface area (Å²) in [4.78, 5) is 0. The van der Waals surface area contributed by atoms with Crippen molar-refractivity contribution in [2.24, 2.45) is 5.73 Å². The Morgan fingerprint density at radius 2 is 1.76 bits per heavy atom. The molecule has 1 aliphatic carbocycles. The lowest BCUT2D eigenvalue weighted by Gasteiger charge is -2.37. The minimum atomic E-state index is -2.58. The van der Waals surface area contributed by atoms with E-state index < -0.39 is 11.5 Å². The highest BCUT2D eigenvalue weighted by atomic mass is 19.3. The number of rotatable bonds is 2. The first-order valence-electron chi connectivity index (χ1n) is 5.80. The molecule has 1 saturated carbocycles. The van der Waals surface area contributed by atoms with E-state index in [9.17, 15) is 13.2 Å². The van der Waals surface area contributed by atoms with Gasteiger partial charge in [-0.3, -0.25) is 0 Å². The Hall–Kier alpha value is -1.03. The molecule has 0 saturated heterocycles. The Balaban J connectivity index is 2.04. The SMILES string of the molecule is NC1(Cc2cccc(F)c2)CCC(F)(F)CC1. The second kappa shape index (κ2) is 4.33. The summed E-state index contributed by atoms with van der Waals surface area (Å²) in [6, 6.07) is 6.18. The van der Waals surface area contributed by atoms with Gasteiger partial charge in [-0.25, -0.2) is 13.2 Å². The first-order valence-corrected chi connectivity index (χ1v) is 5.80. The average Bonchev–Trinajstić information content (AvgIpc) is 2.24. The van der Waals surface area contributed by atoms with Gasteiger partial charge in [-0.1, -0.05) is 12.1 Å². The van der Waals surface area contributed by atoms with Crippen LogP contribution in [0.2, 0.25) is 0 Å². The second-order valence-corrected chi connectivity index (χ2v) is 5.03. The highest BCUT2D eigenvalue weighted by Crippen LogP contribution is 2.38. The number of benzene rings is 1. The zero-order chi connectivity index (χ0) is 12.5. The first-order chi connectivity index (χ1) is 7.89. The van der Waals surface area contributed by atoms with Gasteiger partial charge in [0, 0.05) is 18.4 Å². The van der Waals surface area contributed by atoms with Gasteiger partial charge in [0.05, 0.1) is 0 Å². The van der Waals surface area contributed by atoms with Crippen LogP contribution in [0.25, 0.3) is 0 Å². The van der Waals surface area contributed by atoms with Crippen LogP contribution in [0.15, 0.2) is 24.3 Å². The van der Waals surface area contributed by atoms with Crippen LogP contribution < -0.4 is 5.73 Å². The molecule has 94 valence electrons. The first kappa shape index (κ1) is 12.4. The maximum Gasteiger partial charge on any atom is 0.248 e. The largest absolute Gasteiger partial charge is 0.325 e. The van der Waals surface area contributed by atoms with E-state index in [1.165, 1.54) is 12.1 Å². The van der Waals surface area contributed by atoms with Crippen molar-refractivity contribution in [1.82, 2.24) is 0 Å². The van der Waals surface area contributed by atoms with Gasteiger partial charge in [0.15, 0.2) is 0 Å². The van der Waals surface area contributed by atoms with Crippen molar-refractivity contribution in [2.45, 2.75) is 43.6 Å². The molecule has 1 aromatic carbocycles. The Labute approximate surface area is 98.8 Å². The number of alkyl halides is 2. The smallest absolute Gasteiger partial charge is 0.248 e.